The number of aromatic nitrogens is 2. The Kier molecular flexibility index (Phi) is 1.92. The van der Waals surface area contributed by atoms with Crippen LogP contribution in [0.1, 0.15) is 5.82 Å². The van der Waals surface area contributed by atoms with E-state index in [9.17, 15) is 0 Å². The van der Waals surface area contributed by atoms with Crippen LogP contribution in [0.15, 0.2) is 18.2 Å². The SMILES string of the molecule is Oc1ccc2nc(CI)[nH]c2c1. The summed E-state index contributed by atoms with van der Waals surface area (Å²) in [5.74, 6) is 1.21. The van der Waals surface area contributed by atoms with Crippen LogP contribution >= 0.6 is 22.6 Å². The number of H-pyrrole nitrogens is 1. The summed E-state index contributed by atoms with van der Waals surface area (Å²) in [6.07, 6.45) is 0. The first kappa shape index (κ1) is 7.85. The summed E-state index contributed by atoms with van der Waals surface area (Å²) in [5, 5.41) is 9.16. The van der Waals surface area contributed by atoms with Gasteiger partial charge in [0.05, 0.1) is 15.5 Å². The minimum absolute atomic E-state index is 0.270. The second-order valence-electron chi connectivity index (χ2n) is 2.52. The number of phenols is 1. The van der Waals surface area contributed by atoms with E-state index in [0.29, 0.717) is 0 Å². The molecule has 3 nitrogen and oxygen atoms in total. The summed E-state index contributed by atoms with van der Waals surface area (Å²) in [4.78, 5) is 7.41. The zero-order valence-corrected chi connectivity index (χ0v) is 8.37. The molecular formula is C8H7IN2O. The lowest BCUT2D eigenvalue weighted by Crippen LogP contribution is -1.76. The van der Waals surface area contributed by atoms with Crippen molar-refractivity contribution in [3.63, 3.8) is 0 Å². The smallest absolute Gasteiger partial charge is 0.117 e. The van der Waals surface area contributed by atoms with Crippen molar-refractivity contribution >= 4 is 33.6 Å². The number of fused-ring (bicyclic) bond motifs is 1. The lowest BCUT2D eigenvalue weighted by molar-refractivity contribution is 0.476. The third-order valence-electron chi connectivity index (χ3n) is 1.64. The molecular weight excluding hydrogens is 267 g/mol. The van der Waals surface area contributed by atoms with Gasteiger partial charge in [0.15, 0.2) is 0 Å². The molecule has 62 valence electrons. The van der Waals surface area contributed by atoms with Crippen LogP contribution in [0, 0.1) is 0 Å². The fourth-order valence-corrected chi connectivity index (χ4v) is 1.47. The number of rotatable bonds is 1. The highest BCUT2D eigenvalue weighted by molar-refractivity contribution is 14.1. The Morgan fingerprint density at radius 3 is 3.08 bits per heavy atom. The van der Waals surface area contributed by atoms with E-state index >= 15 is 0 Å². The predicted molar refractivity (Wildman–Crippen MR) is 55.5 cm³/mol. The number of nitrogens with zero attached hydrogens (tertiary/aromatic N) is 1. The Bertz CT molecular complexity index is 410. The minimum Gasteiger partial charge on any atom is -0.508 e. The largest absolute Gasteiger partial charge is 0.508 e. The summed E-state index contributed by atoms with van der Waals surface area (Å²) in [7, 11) is 0. The molecule has 0 radical (unpaired) electrons. The lowest BCUT2D eigenvalue weighted by Gasteiger charge is -1.88. The third-order valence-corrected chi connectivity index (χ3v) is 2.36. The molecule has 0 bridgehead atoms. The highest BCUT2D eigenvalue weighted by Gasteiger charge is 2.00. The van der Waals surface area contributed by atoms with Crippen LogP contribution in [0.3, 0.4) is 0 Å². The van der Waals surface area contributed by atoms with Crippen LogP contribution in [-0.2, 0) is 4.43 Å². The van der Waals surface area contributed by atoms with Crippen molar-refractivity contribution in [2.24, 2.45) is 0 Å². The van der Waals surface area contributed by atoms with Crippen molar-refractivity contribution in [3.05, 3.63) is 24.0 Å². The maximum Gasteiger partial charge on any atom is 0.117 e. The Labute approximate surface area is 83.0 Å². The van der Waals surface area contributed by atoms with Crippen molar-refractivity contribution in [3.8, 4) is 5.75 Å². The molecule has 2 aromatic rings. The number of aromatic hydroxyl groups is 1. The molecule has 2 N–H and O–H groups in total. The van der Waals surface area contributed by atoms with E-state index in [1.807, 2.05) is 0 Å². The Morgan fingerprint density at radius 2 is 2.33 bits per heavy atom. The number of nitrogens with one attached hydrogen (secondary N) is 1. The molecule has 4 heteroatoms. The van der Waals surface area contributed by atoms with Crippen LogP contribution in [0.25, 0.3) is 11.0 Å². The molecule has 1 aromatic heterocycles. The van der Waals surface area contributed by atoms with E-state index in [4.69, 9.17) is 5.11 Å². The zero-order chi connectivity index (χ0) is 8.55. The Balaban J connectivity index is 2.67. The molecule has 0 aliphatic heterocycles. The van der Waals surface area contributed by atoms with Gasteiger partial charge in [0.1, 0.15) is 11.6 Å². The van der Waals surface area contributed by atoms with Crippen LogP contribution in [0.4, 0.5) is 0 Å². The van der Waals surface area contributed by atoms with E-state index < -0.39 is 0 Å². The summed E-state index contributed by atoms with van der Waals surface area (Å²) in [5.41, 5.74) is 1.79. The molecule has 0 saturated carbocycles. The first-order chi connectivity index (χ1) is 5.79. The molecule has 1 aromatic carbocycles. The van der Waals surface area contributed by atoms with Gasteiger partial charge < -0.3 is 10.1 Å². The fraction of sp³-hybridized carbons (Fsp3) is 0.125. The van der Waals surface area contributed by atoms with Crippen molar-refractivity contribution in [1.29, 1.82) is 0 Å². The maximum atomic E-state index is 9.16. The average molecular weight is 274 g/mol. The van der Waals surface area contributed by atoms with Crippen molar-refractivity contribution in [2.45, 2.75) is 4.43 Å². The van der Waals surface area contributed by atoms with Gasteiger partial charge >= 0.3 is 0 Å². The molecule has 0 atom stereocenters. The normalized spacial score (nSPS) is 10.8. The van der Waals surface area contributed by atoms with E-state index in [1.165, 1.54) is 0 Å². The number of alkyl halides is 1. The van der Waals surface area contributed by atoms with Crippen LogP contribution in [-0.4, -0.2) is 15.1 Å². The maximum absolute atomic E-state index is 9.16. The molecule has 0 saturated heterocycles. The Morgan fingerprint density at radius 1 is 1.50 bits per heavy atom. The first-order valence-corrected chi connectivity index (χ1v) is 5.06. The second kappa shape index (κ2) is 2.93. The van der Waals surface area contributed by atoms with E-state index in [0.717, 1.165) is 21.3 Å². The summed E-state index contributed by atoms with van der Waals surface area (Å²) in [6, 6.07) is 5.12. The van der Waals surface area contributed by atoms with Gasteiger partial charge in [-0.3, -0.25) is 0 Å². The van der Waals surface area contributed by atoms with Gasteiger partial charge in [-0.05, 0) is 12.1 Å². The average Bonchev–Trinajstić information content (AvgIpc) is 2.46. The summed E-state index contributed by atoms with van der Waals surface area (Å²) in [6.45, 7) is 0. The van der Waals surface area contributed by atoms with Gasteiger partial charge in [-0.25, -0.2) is 4.98 Å². The number of imidazole rings is 1. The Hall–Kier alpha value is -0.780. The molecule has 2 rings (SSSR count). The molecule has 0 aliphatic rings. The number of benzene rings is 1. The molecule has 12 heavy (non-hydrogen) atoms. The number of hydrogen-bond acceptors (Lipinski definition) is 2. The lowest BCUT2D eigenvalue weighted by atomic mass is 10.3. The predicted octanol–water partition coefficient (Wildman–Crippen LogP) is 2.20. The van der Waals surface area contributed by atoms with Gasteiger partial charge in [0.25, 0.3) is 0 Å². The molecule has 0 aliphatic carbocycles. The van der Waals surface area contributed by atoms with E-state index in [2.05, 4.69) is 32.6 Å². The number of aromatic amines is 1. The molecule has 1 heterocycles. The molecule has 0 amide bonds. The molecule has 0 fully saturated rings. The second-order valence-corrected chi connectivity index (χ2v) is 3.28. The van der Waals surface area contributed by atoms with Gasteiger partial charge in [0, 0.05) is 6.07 Å². The van der Waals surface area contributed by atoms with Gasteiger partial charge in [-0.2, -0.15) is 0 Å². The van der Waals surface area contributed by atoms with E-state index in [-0.39, 0.29) is 5.75 Å². The minimum atomic E-state index is 0.270. The number of hydrogen-bond donors (Lipinski definition) is 2. The molecule has 0 spiro atoms. The highest BCUT2D eigenvalue weighted by Crippen LogP contribution is 2.18. The van der Waals surface area contributed by atoms with Crippen molar-refractivity contribution in [2.75, 3.05) is 0 Å². The van der Waals surface area contributed by atoms with Crippen LogP contribution < -0.4 is 0 Å². The van der Waals surface area contributed by atoms with Gasteiger partial charge in [0.2, 0.25) is 0 Å². The van der Waals surface area contributed by atoms with Gasteiger partial charge in [-0.1, -0.05) is 22.6 Å². The standard InChI is InChI=1S/C8H7IN2O/c9-4-8-10-6-2-1-5(12)3-7(6)11-8/h1-3,12H,4H2,(H,10,11). The van der Waals surface area contributed by atoms with Crippen molar-refractivity contribution in [1.82, 2.24) is 9.97 Å². The van der Waals surface area contributed by atoms with Crippen molar-refractivity contribution < 1.29 is 5.11 Å². The van der Waals surface area contributed by atoms with Gasteiger partial charge in [-0.15, -0.1) is 0 Å². The zero-order valence-electron chi connectivity index (χ0n) is 6.21. The van der Waals surface area contributed by atoms with Crippen LogP contribution in [0.5, 0.6) is 5.75 Å². The fourth-order valence-electron chi connectivity index (χ4n) is 1.11. The van der Waals surface area contributed by atoms with Crippen LogP contribution in [0.2, 0.25) is 0 Å². The first-order valence-electron chi connectivity index (χ1n) is 3.53. The number of halogens is 1. The van der Waals surface area contributed by atoms with E-state index in [1.54, 1.807) is 18.2 Å². The third kappa shape index (κ3) is 1.26. The summed E-state index contributed by atoms with van der Waals surface area (Å²) >= 11 is 2.24. The monoisotopic (exact) mass is 274 g/mol. The topological polar surface area (TPSA) is 48.9 Å². The summed E-state index contributed by atoms with van der Waals surface area (Å²) < 4.78 is 0.854. The quantitative estimate of drug-likeness (QED) is 0.618. The number of phenolic OH excluding ortho intramolecular Hbond substituents is 1. The molecule has 0 unspecified atom stereocenters. The highest BCUT2D eigenvalue weighted by atomic mass is 127.